The molecule has 1 heterocycles. The van der Waals surface area contributed by atoms with E-state index in [-0.39, 0.29) is 6.04 Å². The van der Waals surface area contributed by atoms with Crippen LogP contribution in [0.4, 0.5) is 5.69 Å². The van der Waals surface area contributed by atoms with Gasteiger partial charge in [-0.2, -0.15) is 14.4 Å². The van der Waals surface area contributed by atoms with Gasteiger partial charge in [0.1, 0.15) is 11.4 Å². The van der Waals surface area contributed by atoms with Crippen LogP contribution in [0.15, 0.2) is 11.0 Å². The summed E-state index contributed by atoms with van der Waals surface area (Å²) in [5, 5.41) is 4.69. The second-order valence-electron chi connectivity index (χ2n) is 6.66. The second-order valence-corrected chi connectivity index (χ2v) is 7.84. The molecule has 0 aliphatic heterocycles. The lowest BCUT2D eigenvalue weighted by molar-refractivity contribution is 0.410. The fraction of sp³-hybridized carbons (Fsp3) is 0.526. The molecule has 0 spiro atoms. The molecule has 0 radical (unpaired) electrons. The van der Waals surface area contributed by atoms with Crippen LogP contribution in [0.25, 0.3) is 0 Å². The molecule has 138 valence electrons. The van der Waals surface area contributed by atoms with Crippen molar-refractivity contribution in [1.29, 1.82) is 0 Å². The second kappa shape index (κ2) is 7.70. The van der Waals surface area contributed by atoms with Gasteiger partial charge >= 0.3 is 11.4 Å². The summed E-state index contributed by atoms with van der Waals surface area (Å²) in [5.41, 5.74) is 6.11. The van der Waals surface area contributed by atoms with E-state index < -0.39 is 11.4 Å². The van der Waals surface area contributed by atoms with Crippen molar-refractivity contribution in [1.82, 2.24) is 9.78 Å². The number of ether oxygens (including phenoxy) is 1. The van der Waals surface area contributed by atoms with Crippen molar-refractivity contribution in [3.63, 3.8) is 0 Å². The zero-order chi connectivity index (χ0) is 18.9. The van der Waals surface area contributed by atoms with E-state index in [0.29, 0.717) is 0 Å². The third-order valence-electron chi connectivity index (χ3n) is 4.64. The van der Waals surface area contributed by atoms with Gasteiger partial charge in [0, 0.05) is 17.2 Å². The molecule has 2 aromatic rings. The Balaban J connectivity index is 2.45. The molecule has 0 bridgehead atoms. The van der Waals surface area contributed by atoms with Crippen LogP contribution in [0.1, 0.15) is 54.9 Å². The first-order chi connectivity index (χ1) is 11.7. The zero-order valence-electron chi connectivity index (χ0n) is 16.5. The number of hydrogen-bond acceptors (Lipinski definition) is 4. The van der Waals surface area contributed by atoms with Crippen LogP contribution in [0.5, 0.6) is 5.75 Å². The van der Waals surface area contributed by atoms with E-state index in [9.17, 15) is 4.55 Å². The van der Waals surface area contributed by atoms with Crippen molar-refractivity contribution in [2.24, 2.45) is 0 Å². The predicted octanol–water partition coefficient (Wildman–Crippen LogP) is 4.75. The Hall–Kier alpha value is -1.66. The summed E-state index contributed by atoms with van der Waals surface area (Å²) in [6.07, 6.45) is 0.819. The molecule has 25 heavy (non-hydrogen) atoms. The highest BCUT2D eigenvalue weighted by Gasteiger charge is 2.31. The van der Waals surface area contributed by atoms with E-state index >= 15 is 0 Å². The molecule has 0 fully saturated rings. The number of aromatic nitrogens is 2. The van der Waals surface area contributed by atoms with E-state index in [4.69, 9.17) is 9.84 Å². The topological polar surface area (TPSA) is 59.3 Å². The minimum atomic E-state index is -1.11. The van der Waals surface area contributed by atoms with Gasteiger partial charge in [-0.15, -0.1) is 0 Å². The summed E-state index contributed by atoms with van der Waals surface area (Å²) < 4.78 is 21.7. The maximum absolute atomic E-state index is 11.0. The van der Waals surface area contributed by atoms with Gasteiger partial charge in [-0.3, -0.25) is 4.68 Å². The molecule has 0 saturated carbocycles. The average molecular weight is 365 g/mol. The van der Waals surface area contributed by atoms with E-state index in [1.54, 1.807) is 7.11 Å². The highest BCUT2D eigenvalue weighted by molar-refractivity contribution is 7.93. The standard InChI is InChI=1S/C19H30N3O2S/c1-9-16-18(15(7)22(20-16)11(2)3)21-25(23)19-12(4)10-17(24-8)13(5)14(19)6/h10-11,21,23H,9H2,1-8H3/q+1. The first-order valence-electron chi connectivity index (χ1n) is 8.65. The summed E-state index contributed by atoms with van der Waals surface area (Å²) in [7, 11) is 1.68. The Labute approximate surface area is 154 Å². The number of nitrogens with zero attached hydrogens (tertiary/aromatic N) is 2. The number of hydrogen-bond donors (Lipinski definition) is 2. The zero-order valence-corrected chi connectivity index (χ0v) is 17.3. The van der Waals surface area contributed by atoms with Crippen molar-refractivity contribution in [2.75, 3.05) is 11.8 Å². The summed E-state index contributed by atoms with van der Waals surface area (Å²) in [5.74, 6) is 0.855. The Kier molecular flexibility index (Phi) is 6.06. The number of benzene rings is 1. The predicted molar refractivity (Wildman–Crippen MR) is 106 cm³/mol. The van der Waals surface area contributed by atoms with Gasteiger partial charge < -0.3 is 4.74 Å². The summed E-state index contributed by atoms with van der Waals surface area (Å²) in [4.78, 5) is 0.928. The van der Waals surface area contributed by atoms with Crippen LogP contribution in [-0.2, 0) is 17.8 Å². The summed E-state index contributed by atoms with van der Waals surface area (Å²) in [6, 6.07) is 2.27. The summed E-state index contributed by atoms with van der Waals surface area (Å²) in [6.45, 7) is 14.4. The fourth-order valence-corrected chi connectivity index (χ4v) is 4.51. The van der Waals surface area contributed by atoms with Gasteiger partial charge in [-0.05, 0) is 59.6 Å². The average Bonchev–Trinajstić information content (AvgIpc) is 2.87. The van der Waals surface area contributed by atoms with Crippen molar-refractivity contribution in [3.8, 4) is 5.75 Å². The van der Waals surface area contributed by atoms with Gasteiger partial charge in [0.05, 0.1) is 18.5 Å². The molecule has 2 rings (SSSR count). The van der Waals surface area contributed by atoms with E-state index in [0.717, 1.165) is 50.8 Å². The molecule has 6 heteroatoms. The van der Waals surface area contributed by atoms with E-state index in [2.05, 4.69) is 25.5 Å². The summed E-state index contributed by atoms with van der Waals surface area (Å²) >= 11 is -1.11. The maximum atomic E-state index is 11.0. The molecule has 1 aromatic carbocycles. The van der Waals surface area contributed by atoms with Crippen LogP contribution >= 0.6 is 0 Å². The first-order valence-corrected chi connectivity index (χ1v) is 9.83. The van der Waals surface area contributed by atoms with Gasteiger partial charge in [-0.25, -0.2) is 0 Å². The van der Waals surface area contributed by atoms with Crippen molar-refractivity contribution in [3.05, 3.63) is 34.1 Å². The van der Waals surface area contributed by atoms with E-state index in [1.165, 1.54) is 0 Å². The monoisotopic (exact) mass is 364 g/mol. The van der Waals surface area contributed by atoms with Crippen LogP contribution in [0.2, 0.25) is 0 Å². The Bertz CT molecular complexity index is 769. The highest BCUT2D eigenvalue weighted by Crippen LogP contribution is 2.33. The highest BCUT2D eigenvalue weighted by atomic mass is 32.2. The Morgan fingerprint density at radius 3 is 2.40 bits per heavy atom. The minimum Gasteiger partial charge on any atom is -0.496 e. The minimum absolute atomic E-state index is 0.285. The largest absolute Gasteiger partial charge is 0.496 e. The van der Waals surface area contributed by atoms with Crippen LogP contribution < -0.4 is 9.46 Å². The first kappa shape index (κ1) is 19.7. The number of methoxy groups -OCH3 is 1. The maximum Gasteiger partial charge on any atom is 0.304 e. The molecule has 2 N–H and O–H groups in total. The lowest BCUT2D eigenvalue weighted by atomic mass is 10.1. The van der Waals surface area contributed by atoms with E-state index in [1.807, 2.05) is 38.4 Å². The van der Waals surface area contributed by atoms with Crippen LogP contribution in [0, 0.1) is 27.7 Å². The molecule has 0 aliphatic carbocycles. The number of nitrogens with one attached hydrogen (secondary N) is 1. The molecule has 0 aliphatic rings. The molecule has 1 atom stereocenters. The fourth-order valence-electron chi connectivity index (χ4n) is 3.14. The third-order valence-corrected chi connectivity index (χ3v) is 6.05. The number of aryl methyl sites for hydroxylation is 2. The molecule has 5 nitrogen and oxygen atoms in total. The van der Waals surface area contributed by atoms with Crippen molar-refractivity contribution in [2.45, 2.75) is 65.8 Å². The Morgan fingerprint density at radius 2 is 1.88 bits per heavy atom. The lowest BCUT2D eigenvalue weighted by Crippen LogP contribution is -2.17. The van der Waals surface area contributed by atoms with Gasteiger partial charge in [0.2, 0.25) is 4.90 Å². The van der Waals surface area contributed by atoms with Gasteiger partial charge in [0.25, 0.3) is 0 Å². The molecule has 1 aromatic heterocycles. The number of anilines is 1. The third kappa shape index (κ3) is 3.65. The Morgan fingerprint density at radius 1 is 1.24 bits per heavy atom. The molecular formula is C19H30N3O2S+. The van der Waals surface area contributed by atoms with Crippen LogP contribution in [-0.4, -0.2) is 21.4 Å². The molecular weight excluding hydrogens is 334 g/mol. The van der Waals surface area contributed by atoms with Crippen LogP contribution in [0.3, 0.4) is 0 Å². The van der Waals surface area contributed by atoms with Gasteiger partial charge in [0.15, 0.2) is 0 Å². The molecule has 0 saturated heterocycles. The SMILES string of the molecule is CCc1nn(C(C)C)c(C)c1N[S+](O)c1c(C)cc(OC)c(C)c1C. The normalized spacial score (nSPS) is 12.6. The molecule has 1 unspecified atom stereocenters. The van der Waals surface area contributed by atoms with Crippen molar-refractivity contribution >= 4 is 17.0 Å². The lowest BCUT2D eigenvalue weighted by Gasteiger charge is -2.13. The molecule has 0 amide bonds. The van der Waals surface area contributed by atoms with Crippen molar-refractivity contribution < 1.29 is 9.29 Å². The quantitative estimate of drug-likeness (QED) is 0.727. The van der Waals surface area contributed by atoms with Gasteiger partial charge in [-0.1, -0.05) is 6.92 Å². The number of rotatable bonds is 6. The smallest absolute Gasteiger partial charge is 0.304 e.